The SMILES string of the molecule is COCC(C(C)C)C(C)C(C)C. The van der Waals surface area contributed by atoms with Crippen molar-refractivity contribution in [2.24, 2.45) is 23.7 Å². The Balaban J connectivity index is 4.09. The number of rotatable bonds is 5. The lowest BCUT2D eigenvalue weighted by atomic mass is 9.79. The van der Waals surface area contributed by atoms with Crippen molar-refractivity contribution in [3.63, 3.8) is 0 Å². The van der Waals surface area contributed by atoms with Crippen LogP contribution in [0.1, 0.15) is 34.6 Å². The highest BCUT2D eigenvalue weighted by molar-refractivity contribution is 4.71. The number of ether oxygens (including phenoxy) is 1. The highest BCUT2D eigenvalue weighted by Gasteiger charge is 2.22. The molecule has 0 N–H and O–H groups in total. The zero-order valence-corrected chi connectivity index (χ0v) is 9.42. The molecule has 0 aromatic heterocycles. The number of methoxy groups -OCH3 is 1. The van der Waals surface area contributed by atoms with Crippen molar-refractivity contribution in [1.29, 1.82) is 0 Å². The first-order chi connectivity index (χ1) is 5.50. The van der Waals surface area contributed by atoms with E-state index in [1.807, 2.05) is 0 Å². The molecular weight excluding hydrogens is 148 g/mol. The van der Waals surface area contributed by atoms with Gasteiger partial charge in [0.1, 0.15) is 0 Å². The molecule has 74 valence electrons. The van der Waals surface area contributed by atoms with E-state index in [1.165, 1.54) is 0 Å². The summed E-state index contributed by atoms with van der Waals surface area (Å²) in [6, 6.07) is 0. The van der Waals surface area contributed by atoms with Gasteiger partial charge >= 0.3 is 0 Å². The lowest BCUT2D eigenvalue weighted by Crippen LogP contribution is -2.26. The standard InChI is InChI=1S/C11H24O/c1-8(2)10(5)11(7-12-6)9(3)4/h8-11H,7H2,1-6H3. The van der Waals surface area contributed by atoms with Crippen LogP contribution in [-0.4, -0.2) is 13.7 Å². The maximum absolute atomic E-state index is 5.24. The van der Waals surface area contributed by atoms with E-state index in [1.54, 1.807) is 7.11 Å². The Labute approximate surface area is 77.5 Å². The van der Waals surface area contributed by atoms with Gasteiger partial charge in [0.2, 0.25) is 0 Å². The molecule has 0 aliphatic rings. The van der Waals surface area contributed by atoms with E-state index in [2.05, 4.69) is 34.6 Å². The monoisotopic (exact) mass is 172 g/mol. The Morgan fingerprint density at radius 2 is 1.42 bits per heavy atom. The van der Waals surface area contributed by atoms with Crippen LogP contribution in [0.25, 0.3) is 0 Å². The minimum absolute atomic E-state index is 0.704. The van der Waals surface area contributed by atoms with Gasteiger partial charge in [-0.2, -0.15) is 0 Å². The molecule has 2 unspecified atom stereocenters. The first-order valence-electron chi connectivity index (χ1n) is 4.99. The van der Waals surface area contributed by atoms with Crippen molar-refractivity contribution in [2.75, 3.05) is 13.7 Å². The summed E-state index contributed by atoms with van der Waals surface area (Å²) in [5, 5.41) is 0. The van der Waals surface area contributed by atoms with E-state index in [0.717, 1.165) is 24.4 Å². The quantitative estimate of drug-likeness (QED) is 0.619. The van der Waals surface area contributed by atoms with Gasteiger partial charge in [0.15, 0.2) is 0 Å². The van der Waals surface area contributed by atoms with Crippen LogP contribution in [0.2, 0.25) is 0 Å². The molecule has 1 heteroatoms. The molecule has 0 spiro atoms. The van der Waals surface area contributed by atoms with Crippen molar-refractivity contribution in [3.05, 3.63) is 0 Å². The largest absolute Gasteiger partial charge is 0.384 e. The van der Waals surface area contributed by atoms with Crippen LogP contribution in [0.15, 0.2) is 0 Å². The molecule has 0 saturated carbocycles. The van der Waals surface area contributed by atoms with Gasteiger partial charge in [0, 0.05) is 13.7 Å². The number of hydrogen-bond acceptors (Lipinski definition) is 1. The topological polar surface area (TPSA) is 9.23 Å². The Morgan fingerprint density at radius 3 is 1.67 bits per heavy atom. The van der Waals surface area contributed by atoms with Crippen molar-refractivity contribution >= 4 is 0 Å². The maximum atomic E-state index is 5.24. The smallest absolute Gasteiger partial charge is 0.0495 e. The molecule has 0 aromatic rings. The molecule has 0 amide bonds. The second-order valence-corrected chi connectivity index (χ2v) is 4.47. The molecule has 0 bridgehead atoms. The maximum Gasteiger partial charge on any atom is 0.0495 e. The van der Waals surface area contributed by atoms with Crippen LogP contribution in [-0.2, 0) is 4.74 Å². The molecule has 0 saturated heterocycles. The predicted molar refractivity (Wildman–Crippen MR) is 54.2 cm³/mol. The third kappa shape index (κ3) is 3.57. The Kier molecular flexibility index (Phi) is 5.56. The second-order valence-electron chi connectivity index (χ2n) is 4.47. The predicted octanol–water partition coefficient (Wildman–Crippen LogP) is 3.20. The van der Waals surface area contributed by atoms with Gasteiger partial charge in [0.05, 0.1) is 0 Å². The molecule has 0 heterocycles. The first-order valence-corrected chi connectivity index (χ1v) is 4.99. The molecule has 0 aliphatic carbocycles. The molecule has 12 heavy (non-hydrogen) atoms. The minimum Gasteiger partial charge on any atom is -0.384 e. The highest BCUT2D eigenvalue weighted by Crippen LogP contribution is 2.26. The van der Waals surface area contributed by atoms with E-state index in [4.69, 9.17) is 4.74 Å². The molecule has 0 fully saturated rings. The normalized spacial score (nSPS) is 17.0. The Morgan fingerprint density at radius 1 is 0.917 bits per heavy atom. The van der Waals surface area contributed by atoms with Crippen molar-refractivity contribution in [3.8, 4) is 0 Å². The van der Waals surface area contributed by atoms with Crippen LogP contribution >= 0.6 is 0 Å². The summed E-state index contributed by atoms with van der Waals surface area (Å²) in [5.41, 5.74) is 0. The van der Waals surface area contributed by atoms with Gasteiger partial charge in [0.25, 0.3) is 0 Å². The summed E-state index contributed by atoms with van der Waals surface area (Å²) in [7, 11) is 1.79. The van der Waals surface area contributed by atoms with Gasteiger partial charge in [-0.3, -0.25) is 0 Å². The van der Waals surface area contributed by atoms with Gasteiger partial charge in [-0.25, -0.2) is 0 Å². The van der Waals surface area contributed by atoms with Gasteiger partial charge < -0.3 is 4.74 Å². The van der Waals surface area contributed by atoms with Crippen molar-refractivity contribution in [1.82, 2.24) is 0 Å². The fourth-order valence-electron chi connectivity index (χ4n) is 1.64. The van der Waals surface area contributed by atoms with Crippen LogP contribution in [0.3, 0.4) is 0 Å². The average molecular weight is 172 g/mol. The molecule has 0 rings (SSSR count). The molecular formula is C11H24O. The Bertz CT molecular complexity index is 108. The third-order valence-corrected chi connectivity index (χ3v) is 2.94. The van der Waals surface area contributed by atoms with Crippen LogP contribution < -0.4 is 0 Å². The van der Waals surface area contributed by atoms with Crippen molar-refractivity contribution in [2.45, 2.75) is 34.6 Å². The second kappa shape index (κ2) is 5.58. The van der Waals surface area contributed by atoms with E-state index in [0.29, 0.717) is 5.92 Å². The fraction of sp³-hybridized carbons (Fsp3) is 1.00. The molecule has 2 atom stereocenters. The minimum atomic E-state index is 0.704. The van der Waals surface area contributed by atoms with E-state index in [9.17, 15) is 0 Å². The van der Waals surface area contributed by atoms with Gasteiger partial charge in [-0.1, -0.05) is 34.6 Å². The number of hydrogen-bond donors (Lipinski definition) is 0. The summed E-state index contributed by atoms with van der Waals surface area (Å²) < 4.78 is 5.24. The summed E-state index contributed by atoms with van der Waals surface area (Å²) in [5.74, 6) is 2.94. The van der Waals surface area contributed by atoms with Crippen LogP contribution in [0.5, 0.6) is 0 Å². The summed E-state index contributed by atoms with van der Waals surface area (Å²) in [6.45, 7) is 12.4. The van der Waals surface area contributed by atoms with E-state index >= 15 is 0 Å². The third-order valence-electron chi connectivity index (χ3n) is 2.94. The summed E-state index contributed by atoms with van der Waals surface area (Å²) in [4.78, 5) is 0. The Hall–Kier alpha value is -0.0400. The fourth-order valence-corrected chi connectivity index (χ4v) is 1.64. The van der Waals surface area contributed by atoms with Gasteiger partial charge in [-0.05, 0) is 23.7 Å². The lowest BCUT2D eigenvalue weighted by Gasteiger charge is -2.29. The zero-order valence-electron chi connectivity index (χ0n) is 9.42. The van der Waals surface area contributed by atoms with Crippen molar-refractivity contribution < 1.29 is 4.74 Å². The van der Waals surface area contributed by atoms with Crippen LogP contribution in [0, 0.1) is 23.7 Å². The lowest BCUT2D eigenvalue weighted by molar-refractivity contribution is 0.0812. The summed E-state index contributed by atoms with van der Waals surface area (Å²) >= 11 is 0. The molecule has 0 aromatic carbocycles. The molecule has 1 nitrogen and oxygen atoms in total. The van der Waals surface area contributed by atoms with Gasteiger partial charge in [-0.15, -0.1) is 0 Å². The first kappa shape index (κ1) is 12.0. The van der Waals surface area contributed by atoms with E-state index < -0.39 is 0 Å². The zero-order chi connectivity index (χ0) is 9.72. The van der Waals surface area contributed by atoms with Crippen LogP contribution in [0.4, 0.5) is 0 Å². The molecule has 0 aliphatic heterocycles. The molecule has 0 radical (unpaired) electrons. The average Bonchev–Trinajstić information content (AvgIpc) is 1.98. The summed E-state index contributed by atoms with van der Waals surface area (Å²) in [6.07, 6.45) is 0. The van der Waals surface area contributed by atoms with E-state index in [-0.39, 0.29) is 0 Å². The highest BCUT2D eigenvalue weighted by atomic mass is 16.5.